The summed E-state index contributed by atoms with van der Waals surface area (Å²) in [6, 6.07) is 0.476. The van der Waals surface area contributed by atoms with E-state index < -0.39 is 30.2 Å². The summed E-state index contributed by atoms with van der Waals surface area (Å²) in [5, 5.41) is 0. The first kappa shape index (κ1) is 9.03. The van der Waals surface area contributed by atoms with Crippen LogP contribution in [0.2, 0.25) is 0 Å². The van der Waals surface area contributed by atoms with Crippen molar-refractivity contribution in [2.45, 2.75) is 0 Å². The van der Waals surface area contributed by atoms with Gasteiger partial charge in [0.1, 0.15) is 5.82 Å². The maximum atomic E-state index is 12.4. The van der Waals surface area contributed by atoms with Crippen molar-refractivity contribution in [3.05, 3.63) is 29.6 Å². The second-order valence-corrected chi connectivity index (χ2v) is 2.09. The first-order valence-corrected chi connectivity index (χ1v) is 2.95. The molecule has 0 saturated heterocycles. The lowest BCUT2D eigenvalue weighted by atomic mass is 9.85. The van der Waals surface area contributed by atoms with E-state index in [9.17, 15) is 21.8 Å². The minimum absolute atomic E-state index is 0.210. The Hall–Kier alpha value is -1.07. The minimum Gasteiger partial charge on any atom is -0.281 e. The summed E-state index contributed by atoms with van der Waals surface area (Å²) in [5.41, 5.74) is -1.26. The molecule has 0 heterocycles. The number of benzene rings is 1. The van der Waals surface area contributed by atoms with E-state index in [-0.39, 0.29) is 12.1 Å². The van der Waals surface area contributed by atoms with Gasteiger partial charge in [0.2, 0.25) is 0 Å². The van der Waals surface area contributed by atoms with Crippen LogP contribution in [0.5, 0.6) is 0 Å². The van der Waals surface area contributed by atoms with E-state index >= 15 is 0 Å². The molecule has 0 radical (unpaired) electrons. The van der Waals surface area contributed by atoms with Gasteiger partial charge in [-0.3, -0.25) is 8.63 Å². The van der Waals surface area contributed by atoms with Crippen LogP contribution < -0.4 is 5.46 Å². The fourth-order valence-corrected chi connectivity index (χ4v) is 0.735. The lowest BCUT2D eigenvalue weighted by Crippen LogP contribution is -2.26. The topological polar surface area (TPSA) is 0 Å². The molecule has 0 spiro atoms. The Labute approximate surface area is 65.2 Å². The Morgan fingerprint density at radius 2 is 1.58 bits per heavy atom. The molecule has 0 nitrogen and oxygen atoms in total. The molecule has 0 unspecified atom stereocenters. The van der Waals surface area contributed by atoms with Crippen molar-refractivity contribution in [2.24, 2.45) is 0 Å². The quantitative estimate of drug-likeness (QED) is 0.350. The summed E-state index contributed by atoms with van der Waals surface area (Å²) in [4.78, 5) is 0. The van der Waals surface area contributed by atoms with Crippen molar-refractivity contribution in [3.63, 3.8) is 0 Å². The van der Waals surface area contributed by atoms with Gasteiger partial charge >= 0.3 is 7.27 Å². The predicted octanol–water partition coefficient (Wildman–Crippen LogP) is 1.74. The molecule has 0 N–H and O–H groups in total. The van der Waals surface area contributed by atoms with Crippen LogP contribution in [0.4, 0.5) is 21.8 Å². The van der Waals surface area contributed by atoms with Crippen molar-refractivity contribution in [3.8, 4) is 0 Å². The largest absolute Gasteiger partial charge is 0.575 e. The fraction of sp³-hybridized carbons (Fsp3) is 0. The normalized spacial score (nSPS) is 10.1. The van der Waals surface area contributed by atoms with E-state index in [1.54, 1.807) is 0 Å². The molecule has 0 aliphatic heterocycles. The molecule has 12 heavy (non-hydrogen) atoms. The van der Waals surface area contributed by atoms with Gasteiger partial charge in [-0.05, 0) is 6.07 Å². The van der Waals surface area contributed by atoms with Crippen LogP contribution in [0.25, 0.3) is 0 Å². The van der Waals surface area contributed by atoms with Crippen LogP contribution in [-0.4, -0.2) is 7.27 Å². The molecule has 6 heteroatoms. The fourth-order valence-electron chi connectivity index (χ4n) is 0.735. The van der Waals surface area contributed by atoms with Crippen molar-refractivity contribution in [1.82, 2.24) is 0 Å². The Bertz CT molecular complexity index is 298. The first-order chi connectivity index (χ1) is 5.52. The van der Waals surface area contributed by atoms with E-state index in [0.29, 0.717) is 0 Å². The summed E-state index contributed by atoms with van der Waals surface area (Å²) < 4.78 is 60.5. The molecule has 0 aromatic heterocycles. The van der Waals surface area contributed by atoms with Crippen LogP contribution in [0.3, 0.4) is 0 Å². The maximum absolute atomic E-state index is 12.4. The van der Waals surface area contributed by atoms with E-state index in [4.69, 9.17) is 0 Å². The van der Waals surface area contributed by atoms with Gasteiger partial charge in [-0.25, -0.2) is 13.2 Å². The number of hydrogen-bond donors (Lipinski definition) is 0. The van der Waals surface area contributed by atoms with E-state index in [2.05, 4.69) is 0 Å². The van der Waals surface area contributed by atoms with E-state index in [0.717, 1.165) is 0 Å². The third kappa shape index (κ3) is 1.57. The predicted molar refractivity (Wildman–Crippen MR) is 33.9 cm³/mol. The monoisotopic (exact) mass is 180 g/mol. The van der Waals surface area contributed by atoms with E-state index in [1.165, 1.54) is 0 Å². The zero-order chi connectivity index (χ0) is 9.30. The van der Waals surface area contributed by atoms with Crippen LogP contribution in [0, 0.1) is 17.5 Å². The van der Waals surface area contributed by atoms with Crippen molar-refractivity contribution >= 4 is 12.7 Å². The van der Waals surface area contributed by atoms with E-state index in [1.807, 2.05) is 0 Å². The third-order valence-corrected chi connectivity index (χ3v) is 1.26. The van der Waals surface area contributed by atoms with Gasteiger partial charge in [0.15, 0.2) is 11.6 Å². The first-order valence-electron chi connectivity index (χ1n) is 2.95. The Morgan fingerprint density at radius 1 is 1.00 bits per heavy atom. The lowest BCUT2D eigenvalue weighted by molar-refractivity contribution is 0.497. The minimum atomic E-state index is -3.21. The highest BCUT2D eigenvalue weighted by Crippen LogP contribution is 2.07. The van der Waals surface area contributed by atoms with Gasteiger partial charge in [-0.1, -0.05) is 0 Å². The standard InChI is InChI=1S/C6H2BF5/c8-3-1-4(7(11)12)6(10)5(9)2-3/h1-2H. The Balaban J connectivity index is 3.28. The molecule has 64 valence electrons. The maximum Gasteiger partial charge on any atom is 0.575 e. The second kappa shape index (κ2) is 3.12. The summed E-state index contributed by atoms with van der Waals surface area (Å²) in [6.07, 6.45) is 0. The van der Waals surface area contributed by atoms with Crippen LogP contribution >= 0.6 is 0 Å². The molecule has 0 bridgehead atoms. The summed E-state index contributed by atoms with van der Waals surface area (Å²) >= 11 is 0. The number of hydrogen-bond acceptors (Lipinski definition) is 0. The number of rotatable bonds is 1. The summed E-state index contributed by atoms with van der Waals surface area (Å²) in [5.74, 6) is -4.53. The van der Waals surface area contributed by atoms with Crippen LogP contribution in [0.1, 0.15) is 0 Å². The molecule has 1 aromatic rings. The average Bonchev–Trinajstić information content (AvgIpc) is 1.96. The summed E-state index contributed by atoms with van der Waals surface area (Å²) in [6.45, 7) is 0. The highest BCUT2D eigenvalue weighted by atomic mass is 19.2. The second-order valence-electron chi connectivity index (χ2n) is 2.09. The molecule has 0 atom stereocenters. The Kier molecular flexibility index (Phi) is 2.35. The molecule has 1 rings (SSSR count). The molecule has 0 fully saturated rings. The van der Waals surface area contributed by atoms with Gasteiger partial charge in [-0.2, -0.15) is 0 Å². The van der Waals surface area contributed by atoms with Gasteiger partial charge in [0.25, 0.3) is 0 Å². The molecular weight excluding hydrogens is 178 g/mol. The molecule has 0 saturated carbocycles. The molecule has 0 aliphatic rings. The zero-order valence-electron chi connectivity index (χ0n) is 5.62. The van der Waals surface area contributed by atoms with Crippen LogP contribution in [0.15, 0.2) is 12.1 Å². The smallest absolute Gasteiger partial charge is 0.281 e. The SMILES string of the molecule is FB(F)c1cc(F)cc(F)c1F. The van der Waals surface area contributed by atoms with Crippen molar-refractivity contribution < 1.29 is 21.8 Å². The molecule has 0 amide bonds. The van der Waals surface area contributed by atoms with Crippen molar-refractivity contribution in [2.75, 3.05) is 0 Å². The van der Waals surface area contributed by atoms with Gasteiger partial charge in [0.05, 0.1) is 0 Å². The van der Waals surface area contributed by atoms with Crippen molar-refractivity contribution in [1.29, 1.82) is 0 Å². The average molecular weight is 180 g/mol. The zero-order valence-corrected chi connectivity index (χ0v) is 5.62. The molecular formula is C6H2BF5. The highest BCUT2D eigenvalue weighted by molar-refractivity contribution is 6.60. The summed E-state index contributed by atoms with van der Waals surface area (Å²) in [7, 11) is -3.21. The lowest BCUT2D eigenvalue weighted by Gasteiger charge is -1.99. The molecule has 1 aromatic carbocycles. The van der Waals surface area contributed by atoms with Crippen LogP contribution in [-0.2, 0) is 0 Å². The Morgan fingerprint density at radius 3 is 2.08 bits per heavy atom. The third-order valence-electron chi connectivity index (χ3n) is 1.26. The van der Waals surface area contributed by atoms with Gasteiger partial charge in [0, 0.05) is 11.5 Å². The number of halogens is 5. The van der Waals surface area contributed by atoms with Gasteiger partial charge in [-0.15, -0.1) is 0 Å². The highest BCUT2D eigenvalue weighted by Gasteiger charge is 2.24. The van der Waals surface area contributed by atoms with Gasteiger partial charge < -0.3 is 0 Å². The molecule has 0 aliphatic carbocycles.